The van der Waals surface area contributed by atoms with Crippen molar-refractivity contribution in [3.63, 3.8) is 0 Å². The Bertz CT molecular complexity index is 129. The van der Waals surface area contributed by atoms with Crippen molar-refractivity contribution in [1.82, 2.24) is 0 Å². The standard InChI is InChI=1S/C8H14O3/c1-3-8(2)11-7-6-10-5-4-9/h6-7,9H,2-5H2,1H3. The molecule has 0 radical (unpaired) electrons. The molecule has 1 N–H and O–H groups in total. The van der Waals surface area contributed by atoms with Gasteiger partial charge in [0, 0.05) is 6.42 Å². The summed E-state index contributed by atoms with van der Waals surface area (Å²) in [5, 5.41) is 8.30. The van der Waals surface area contributed by atoms with Gasteiger partial charge in [-0.15, -0.1) is 0 Å². The van der Waals surface area contributed by atoms with Crippen LogP contribution in [-0.2, 0) is 9.47 Å². The Morgan fingerprint density at radius 1 is 1.55 bits per heavy atom. The van der Waals surface area contributed by atoms with Gasteiger partial charge in [-0.25, -0.2) is 0 Å². The molecule has 0 saturated carbocycles. The molecule has 0 aliphatic rings. The predicted molar refractivity (Wildman–Crippen MR) is 42.7 cm³/mol. The van der Waals surface area contributed by atoms with Crippen molar-refractivity contribution < 1.29 is 14.6 Å². The first-order valence-electron chi connectivity index (χ1n) is 3.53. The molecule has 0 atom stereocenters. The molecule has 0 aromatic carbocycles. The fourth-order valence-corrected chi connectivity index (χ4v) is 0.367. The summed E-state index contributed by atoms with van der Waals surface area (Å²) >= 11 is 0. The highest BCUT2D eigenvalue weighted by atomic mass is 16.5. The van der Waals surface area contributed by atoms with E-state index in [1.54, 1.807) is 0 Å². The second kappa shape index (κ2) is 7.15. The largest absolute Gasteiger partial charge is 0.496 e. The quantitative estimate of drug-likeness (QED) is 0.469. The zero-order valence-corrected chi connectivity index (χ0v) is 6.75. The number of ether oxygens (including phenoxy) is 2. The van der Waals surface area contributed by atoms with Crippen LogP contribution in [0.1, 0.15) is 13.3 Å². The van der Waals surface area contributed by atoms with E-state index in [1.807, 2.05) is 6.92 Å². The first kappa shape index (κ1) is 10.0. The number of aliphatic hydroxyl groups excluding tert-OH is 1. The maximum Gasteiger partial charge on any atom is 0.125 e. The molecule has 0 aliphatic carbocycles. The van der Waals surface area contributed by atoms with Crippen molar-refractivity contribution in [3.8, 4) is 0 Å². The monoisotopic (exact) mass is 158 g/mol. The first-order valence-corrected chi connectivity index (χ1v) is 3.53. The van der Waals surface area contributed by atoms with Gasteiger partial charge in [0.25, 0.3) is 0 Å². The Hall–Kier alpha value is -0.960. The van der Waals surface area contributed by atoms with Crippen molar-refractivity contribution in [2.75, 3.05) is 13.2 Å². The van der Waals surface area contributed by atoms with Crippen molar-refractivity contribution >= 4 is 0 Å². The van der Waals surface area contributed by atoms with Gasteiger partial charge in [0.2, 0.25) is 0 Å². The van der Waals surface area contributed by atoms with Crippen molar-refractivity contribution in [2.45, 2.75) is 13.3 Å². The highest BCUT2D eigenvalue weighted by Crippen LogP contribution is 1.98. The van der Waals surface area contributed by atoms with E-state index >= 15 is 0 Å². The Balaban J connectivity index is 3.22. The van der Waals surface area contributed by atoms with Crippen LogP contribution < -0.4 is 0 Å². The van der Waals surface area contributed by atoms with E-state index in [4.69, 9.17) is 14.6 Å². The van der Waals surface area contributed by atoms with Crippen LogP contribution >= 0.6 is 0 Å². The Kier molecular flexibility index (Phi) is 6.53. The van der Waals surface area contributed by atoms with E-state index in [-0.39, 0.29) is 6.61 Å². The topological polar surface area (TPSA) is 38.7 Å². The van der Waals surface area contributed by atoms with E-state index < -0.39 is 0 Å². The molecule has 0 unspecified atom stereocenters. The molecule has 0 saturated heterocycles. The summed E-state index contributed by atoms with van der Waals surface area (Å²) in [6.07, 6.45) is 3.57. The molecule has 3 heteroatoms. The molecule has 0 bridgehead atoms. The first-order chi connectivity index (χ1) is 5.31. The van der Waals surface area contributed by atoms with Gasteiger partial charge in [0.1, 0.15) is 19.1 Å². The Morgan fingerprint density at radius 3 is 2.82 bits per heavy atom. The number of hydrogen-bond acceptors (Lipinski definition) is 3. The van der Waals surface area contributed by atoms with Gasteiger partial charge in [-0.2, -0.15) is 0 Å². The van der Waals surface area contributed by atoms with Gasteiger partial charge in [-0.3, -0.25) is 0 Å². The molecule has 0 aliphatic heterocycles. The Morgan fingerprint density at radius 2 is 2.27 bits per heavy atom. The van der Waals surface area contributed by atoms with E-state index in [2.05, 4.69) is 6.58 Å². The lowest BCUT2D eigenvalue weighted by molar-refractivity contribution is 0.159. The summed E-state index contributed by atoms with van der Waals surface area (Å²) < 4.78 is 9.74. The number of aliphatic hydroxyl groups is 1. The van der Waals surface area contributed by atoms with Crippen LogP contribution in [0.2, 0.25) is 0 Å². The zero-order chi connectivity index (χ0) is 8.53. The number of allylic oxidation sites excluding steroid dienone is 1. The van der Waals surface area contributed by atoms with Gasteiger partial charge in [-0.05, 0) is 0 Å². The molecule has 0 aromatic rings. The molecule has 0 spiro atoms. The van der Waals surface area contributed by atoms with Crippen LogP contribution in [0.5, 0.6) is 0 Å². The summed E-state index contributed by atoms with van der Waals surface area (Å²) in [6.45, 7) is 5.86. The SMILES string of the molecule is C=C(CC)OC=COCCO. The van der Waals surface area contributed by atoms with E-state index in [9.17, 15) is 0 Å². The average Bonchev–Trinajstić information content (AvgIpc) is 2.04. The van der Waals surface area contributed by atoms with Gasteiger partial charge in [0.15, 0.2) is 0 Å². The van der Waals surface area contributed by atoms with Gasteiger partial charge in [0.05, 0.1) is 12.4 Å². The summed E-state index contributed by atoms with van der Waals surface area (Å²) in [7, 11) is 0. The van der Waals surface area contributed by atoms with Crippen LogP contribution in [-0.4, -0.2) is 18.3 Å². The van der Waals surface area contributed by atoms with Gasteiger partial charge < -0.3 is 14.6 Å². The van der Waals surface area contributed by atoms with Gasteiger partial charge in [-0.1, -0.05) is 13.5 Å². The molecule has 0 fully saturated rings. The van der Waals surface area contributed by atoms with Gasteiger partial charge >= 0.3 is 0 Å². The second-order valence-electron chi connectivity index (χ2n) is 1.88. The summed E-state index contributed by atoms with van der Waals surface area (Å²) in [4.78, 5) is 0. The smallest absolute Gasteiger partial charge is 0.125 e. The van der Waals surface area contributed by atoms with Crippen LogP contribution in [0.4, 0.5) is 0 Å². The average molecular weight is 158 g/mol. The molecular weight excluding hydrogens is 144 g/mol. The summed E-state index contributed by atoms with van der Waals surface area (Å²) in [5.74, 6) is 0.689. The zero-order valence-electron chi connectivity index (χ0n) is 6.75. The lowest BCUT2D eigenvalue weighted by atomic mass is 10.4. The minimum absolute atomic E-state index is 0.0130. The molecule has 64 valence electrons. The lowest BCUT2D eigenvalue weighted by Gasteiger charge is -1.99. The van der Waals surface area contributed by atoms with Crippen LogP contribution in [0.3, 0.4) is 0 Å². The van der Waals surface area contributed by atoms with E-state index in [1.165, 1.54) is 12.5 Å². The fraction of sp³-hybridized carbons (Fsp3) is 0.500. The summed E-state index contributed by atoms with van der Waals surface area (Å²) in [5.41, 5.74) is 0. The maximum absolute atomic E-state index is 8.30. The number of rotatable bonds is 6. The normalized spacial score (nSPS) is 10.0. The number of hydrogen-bond donors (Lipinski definition) is 1. The highest BCUT2D eigenvalue weighted by Gasteiger charge is 1.83. The van der Waals surface area contributed by atoms with E-state index in [0.717, 1.165) is 6.42 Å². The summed E-state index contributed by atoms with van der Waals surface area (Å²) in [6, 6.07) is 0. The molecule has 3 nitrogen and oxygen atoms in total. The molecule has 0 amide bonds. The molecule has 0 aromatic heterocycles. The third-order valence-corrected chi connectivity index (χ3v) is 0.990. The third kappa shape index (κ3) is 6.93. The third-order valence-electron chi connectivity index (χ3n) is 0.990. The van der Waals surface area contributed by atoms with Crippen molar-refractivity contribution in [3.05, 3.63) is 24.9 Å². The van der Waals surface area contributed by atoms with Crippen LogP contribution in [0, 0.1) is 0 Å². The highest BCUT2D eigenvalue weighted by molar-refractivity contribution is 4.83. The lowest BCUT2D eigenvalue weighted by Crippen LogP contribution is -1.92. The fourth-order valence-electron chi connectivity index (χ4n) is 0.367. The Labute approximate surface area is 66.9 Å². The van der Waals surface area contributed by atoms with Crippen LogP contribution in [0.25, 0.3) is 0 Å². The van der Waals surface area contributed by atoms with Crippen molar-refractivity contribution in [2.24, 2.45) is 0 Å². The van der Waals surface area contributed by atoms with E-state index in [0.29, 0.717) is 12.4 Å². The minimum atomic E-state index is 0.0130. The van der Waals surface area contributed by atoms with Crippen molar-refractivity contribution in [1.29, 1.82) is 0 Å². The molecular formula is C8H14O3. The molecule has 0 heterocycles. The predicted octanol–water partition coefficient (Wildman–Crippen LogP) is 1.41. The molecule has 11 heavy (non-hydrogen) atoms. The second-order valence-corrected chi connectivity index (χ2v) is 1.88. The maximum atomic E-state index is 8.30. The van der Waals surface area contributed by atoms with Crippen LogP contribution in [0.15, 0.2) is 24.9 Å². The minimum Gasteiger partial charge on any atom is -0.496 e. The molecule has 0 rings (SSSR count).